The van der Waals surface area contributed by atoms with Gasteiger partial charge in [0, 0.05) is 19.1 Å². The summed E-state index contributed by atoms with van der Waals surface area (Å²) in [4.78, 5) is 16.5. The first-order valence-electron chi connectivity index (χ1n) is 10.7. The van der Waals surface area contributed by atoms with Gasteiger partial charge in [-0.3, -0.25) is 4.79 Å². The Hall–Kier alpha value is -1.51. The average Bonchev–Trinajstić information content (AvgIpc) is 3.48. The molecule has 0 bridgehead atoms. The van der Waals surface area contributed by atoms with Crippen molar-refractivity contribution in [3.63, 3.8) is 0 Å². The minimum absolute atomic E-state index is 0. The van der Waals surface area contributed by atoms with Gasteiger partial charge in [0.25, 0.3) is 5.91 Å². The van der Waals surface area contributed by atoms with Gasteiger partial charge >= 0.3 is 0 Å². The van der Waals surface area contributed by atoms with Crippen molar-refractivity contribution in [3.8, 4) is 5.75 Å². The van der Waals surface area contributed by atoms with Crippen LogP contribution in [0, 0.1) is 5.41 Å². The lowest BCUT2D eigenvalue weighted by Gasteiger charge is -2.41. The Morgan fingerprint density at radius 1 is 1.24 bits per heavy atom. The molecule has 0 unspecified atom stereocenters. The Kier molecular flexibility index (Phi) is 9.52. The summed E-state index contributed by atoms with van der Waals surface area (Å²) in [7, 11) is 0. The molecule has 0 spiro atoms. The summed E-state index contributed by atoms with van der Waals surface area (Å²) >= 11 is 0. The second-order valence-corrected chi connectivity index (χ2v) is 8.03. The summed E-state index contributed by atoms with van der Waals surface area (Å²) < 4.78 is 5.63. The van der Waals surface area contributed by atoms with Gasteiger partial charge < -0.3 is 20.7 Å². The molecule has 0 atom stereocenters. The number of benzene rings is 1. The molecule has 2 fully saturated rings. The van der Waals surface area contributed by atoms with Crippen LogP contribution >= 0.6 is 24.0 Å². The van der Waals surface area contributed by atoms with Crippen LogP contribution in [0.3, 0.4) is 0 Å². The molecule has 0 saturated heterocycles. The van der Waals surface area contributed by atoms with Crippen LogP contribution in [-0.4, -0.2) is 37.6 Å². The number of guanidine groups is 1. The maximum Gasteiger partial charge on any atom is 0.258 e. The number of nitrogens with one attached hydrogen (secondary N) is 3. The highest BCUT2D eigenvalue weighted by Gasteiger charge is 2.34. The molecule has 3 N–H and O–H groups in total. The van der Waals surface area contributed by atoms with Gasteiger partial charge in [0.2, 0.25) is 0 Å². The Labute approximate surface area is 191 Å². The largest absolute Gasteiger partial charge is 0.484 e. The van der Waals surface area contributed by atoms with Gasteiger partial charge in [0.15, 0.2) is 12.6 Å². The van der Waals surface area contributed by atoms with Gasteiger partial charge in [-0.15, -0.1) is 24.0 Å². The number of amides is 1. The summed E-state index contributed by atoms with van der Waals surface area (Å²) in [6, 6.07) is 8.17. The molecule has 1 aromatic rings. The number of halogens is 1. The van der Waals surface area contributed by atoms with Crippen LogP contribution in [-0.2, 0) is 11.3 Å². The van der Waals surface area contributed by atoms with Crippen LogP contribution in [0.4, 0.5) is 0 Å². The number of hydrogen-bond donors (Lipinski definition) is 3. The highest BCUT2D eigenvalue weighted by molar-refractivity contribution is 14.0. The summed E-state index contributed by atoms with van der Waals surface area (Å²) in [6.07, 6.45) is 7.34. The Bertz CT molecular complexity index is 682. The molecule has 7 heteroatoms. The predicted octanol–water partition coefficient (Wildman–Crippen LogP) is 3.60. The lowest BCUT2D eigenvalue weighted by molar-refractivity contribution is -0.123. The molecule has 6 nitrogen and oxygen atoms in total. The van der Waals surface area contributed by atoms with Gasteiger partial charge in [0.05, 0.1) is 6.54 Å². The monoisotopic (exact) mass is 514 g/mol. The second-order valence-electron chi connectivity index (χ2n) is 8.03. The zero-order valence-electron chi connectivity index (χ0n) is 17.6. The van der Waals surface area contributed by atoms with Gasteiger partial charge in [-0.25, -0.2) is 4.99 Å². The molecule has 0 radical (unpaired) electrons. The second kappa shape index (κ2) is 11.6. The fourth-order valence-corrected chi connectivity index (χ4v) is 3.49. The number of nitrogens with zero attached hydrogens (tertiary/aromatic N) is 1. The van der Waals surface area contributed by atoms with Gasteiger partial charge in [0.1, 0.15) is 5.75 Å². The molecule has 1 amide bonds. The minimum Gasteiger partial charge on any atom is -0.484 e. The van der Waals surface area contributed by atoms with Gasteiger partial charge in [-0.2, -0.15) is 0 Å². The zero-order chi connectivity index (χ0) is 19.8. The van der Waals surface area contributed by atoms with E-state index in [1.165, 1.54) is 25.7 Å². The van der Waals surface area contributed by atoms with Crippen LogP contribution in [0.15, 0.2) is 29.3 Å². The smallest absolute Gasteiger partial charge is 0.258 e. The highest BCUT2D eigenvalue weighted by Crippen LogP contribution is 2.42. The van der Waals surface area contributed by atoms with Crippen molar-refractivity contribution < 1.29 is 9.53 Å². The third kappa shape index (κ3) is 7.68. The highest BCUT2D eigenvalue weighted by atomic mass is 127. The van der Waals surface area contributed by atoms with E-state index < -0.39 is 0 Å². The maximum atomic E-state index is 11.8. The van der Waals surface area contributed by atoms with Crippen molar-refractivity contribution in [1.82, 2.24) is 16.0 Å². The summed E-state index contributed by atoms with van der Waals surface area (Å²) in [6.45, 7) is 6.81. The summed E-state index contributed by atoms with van der Waals surface area (Å²) in [5.74, 6) is 1.51. The standard InChI is InChI=1S/C22H34N4O2.HI/c1-3-22(11-6-12-22)16-25-21(23-4-2)24-14-17-7-5-8-19(13-17)28-15-20(27)26-18-9-10-18;/h5,7-8,13,18H,3-4,6,9-12,14-16H2,1-2H3,(H,26,27)(H2,23,24,25);1H. The van der Waals surface area contributed by atoms with Crippen molar-refractivity contribution in [3.05, 3.63) is 29.8 Å². The molecular weight excluding hydrogens is 479 g/mol. The summed E-state index contributed by atoms with van der Waals surface area (Å²) in [5.41, 5.74) is 1.51. The number of hydrogen-bond acceptors (Lipinski definition) is 3. The molecule has 162 valence electrons. The van der Waals surface area contributed by atoms with E-state index in [9.17, 15) is 4.79 Å². The van der Waals surface area contributed by atoms with Gasteiger partial charge in [-0.05, 0) is 62.1 Å². The van der Waals surface area contributed by atoms with Gasteiger partial charge in [-0.1, -0.05) is 25.5 Å². The van der Waals surface area contributed by atoms with E-state index in [4.69, 9.17) is 9.73 Å². The molecule has 0 aromatic heterocycles. The Morgan fingerprint density at radius 3 is 2.66 bits per heavy atom. The SMILES string of the molecule is CCNC(=NCc1cccc(OCC(=O)NC2CC2)c1)NCC1(CC)CCC1.I. The third-order valence-electron chi connectivity index (χ3n) is 5.77. The number of ether oxygens (including phenoxy) is 1. The van der Waals surface area contributed by atoms with Crippen LogP contribution in [0.2, 0.25) is 0 Å². The van der Waals surface area contributed by atoms with Crippen molar-refractivity contribution in [2.75, 3.05) is 19.7 Å². The van der Waals surface area contributed by atoms with Crippen LogP contribution in [0.25, 0.3) is 0 Å². The van der Waals surface area contributed by atoms with Crippen LogP contribution in [0.1, 0.15) is 57.9 Å². The number of rotatable bonds is 10. The molecule has 2 aliphatic carbocycles. The zero-order valence-corrected chi connectivity index (χ0v) is 20.0. The van der Waals surface area contributed by atoms with Crippen LogP contribution in [0.5, 0.6) is 5.75 Å². The van der Waals surface area contributed by atoms with E-state index in [-0.39, 0.29) is 36.5 Å². The normalized spacial score (nSPS) is 17.5. The molecular formula is C22H35IN4O2. The minimum atomic E-state index is -0.0506. The molecule has 29 heavy (non-hydrogen) atoms. The van der Waals surface area contributed by atoms with Crippen LogP contribution < -0.4 is 20.7 Å². The first-order chi connectivity index (χ1) is 13.6. The van der Waals surface area contributed by atoms with E-state index in [1.54, 1.807) is 0 Å². The molecule has 0 aliphatic heterocycles. The fraction of sp³-hybridized carbons (Fsp3) is 0.636. The quantitative estimate of drug-likeness (QED) is 0.254. The van der Waals surface area contributed by atoms with Crippen molar-refractivity contribution in [1.29, 1.82) is 0 Å². The van der Waals surface area contributed by atoms with Crippen molar-refractivity contribution >= 4 is 35.8 Å². The topological polar surface area (TPSA) is 74.8 Å². The number of carbonyl (C=O) groups excluding carboxylic acids is 1. The Morgan fingerprint density at radius 2 is 2.03 bits per heavy atom. The van der Waals surface area contributed by atoms with E-state index in [2.05, 4.69) is 29.8 Å². The lowest BCUT2D eigenvalue weighted by Crippen LogP contribution is -2.46. The first kappa shape index (κ1) is 23.8. The molecule has 1 aromatic carbocycles. The van der Waals surface area contributed by atoms with E-state index >= 15 is 0 Å². The number of carbonyl (C=O) groups is 1. The molecule has 3 rings (SSSR count). The molecule has 0 heterocycles. The molecule has 2 aliphatic rings. The summed E-state index contributed by atoms with van der Waals surface area (Å²) in [5, 5.41) is 9.78. The van der Waals surface area contributed by atoms with Crippen molar-refractivity contribution in [2.24, 2.45) is 10.4 Å². The van der Waals surface area contributed by atoms with Crippen molar-refractivity contribution in [2.45, 2.75) is 65.0 Å². The predicted molar refractivity (Wildman–Crippen MR) is 128 cm³/mol. The van der Waals surface area contributed by atoms with E-state index in [0.717, 1.165) is 37.5 Å². The molecule has 2 saturated carbocycles. The Balaban J connectivity index is 0.00000300. The maximum absolute atomic E-state index is 11.8. The third-order valence-corrected chi connectivity index (χ3v) is 5.77. The van der Waals surface area contributed by atoms with E-state index in [1.807, 2.05) is 24.3 Å². The fourth-order valence-electron chi connectivity index (χ4n) is 3.49. The first-order valence-corrected chi connectivity index (χ1v) is 10.7. The average molecular weight is 514 g/mol. The number of aliphatic imine (C=N–C) groups is 1. The lowest BCUT2D eigenvalue weighted by atomic mass is 9.67. The van der Waals surface area contributed by atoms with E-state index in [0.29, 0.717) is 23.8 Å².